The Hall–Kier alpha value is 0.190. The van der Waals surface area contributed by atoms with Gasteiger partial charge in [0.25, 0.3) is 0 Å². The van der Waals surface area contributed by atoms with Gasteiger partial charge in [0, 0.05) is 56.0 Å². The minimum absolute atomic E-state index is 0. The van der Waals surface area contributed by atoms with Crippen molar-refractivity contribution in [3.63, 3.8) is 0 Å². The Kier molecular flexibility index (Phi) is 9.60. The Morgan fingerprint density at radius 3 is 2.29 bits per heavy atom. The van der Waals surface area contributed by atoms with Gasteiger partial charge in [-0.25, -0.2) is 4.39 Å². The van der Waals surface area contributed by atoms with E-state index in [1.165, 1.54) is 6.07 Å². The number of rotatable bonds is 3. The lowest BCUT2D eigenvalue weighted by Crippen LogP contribution is -2.47. The van der Waals surface area contributed by atoms with Gasteiger partial charge in [-0.1, -0.05) is 23.2 Å². The van der Waals surface area contributed by atoms with Crippen LogP contribution in [0, 0.1) is 11.7 Å². The lowest BCUT2D eigenvalue weighted by atomic mass is 9.85. The molecule has 3 nitrogen and oxygen atoms in total. The summed E-state index contributed by atoms with van der Waals surface area (Å²) >= 11 is 12.4. The molecule has 138 valence electrons. The van der Waals surface area contributed by atoms with E-state index in [1.54, 1.807) is 6.07 Å². The van der Waals surface area contributed by atoms with Gasteiger partial charge in [-0.05, 0) is 30.9 Å². The zero-order valence-electron chi connectivity index (χ0n) is 13.3. The van der Waals surface area contributed by atoms with E-state index in [0.29, 0.717) is 16.5 Å². The van der Waals surface area contributed by atoms with Gasteiger partial charge in [0.15, 0.2) is 0 Å². The van der Waals surface area contributed by atoms with Crippen molar-refractivity contribution in [2.45, 2.75) is 18.9 Å². The summed E-state index contributed by atoms with van der Waals surface area (Å²) in [5.41, 5.74) is 0.558. The highest BCUT2D eigenvalue weighted by atomic mass is 35.5. The Morgan fingerprint density at radius 1 is 1.08 bits per heavy atom. The lowest BCUT2D eigenvalue weighted by molar-refractivity contribution is 0.0203. The van der Waals surface area contributed by atoms with Gasteiger partial charge in [0.05, 0.1) is 5.02 Å². The quantitative estimate of drug-likeness (QED) is 0.737. The third-order valence-electron chi connectivity index (χ3n) is 4.63. The van der Waals surface area contributed by atoms with Gasteiger partial charge < -0.3 is 10.1 Å². The molecule has 2 fully saturated rings. The molecule has 0 bridgehead atoms. The van der Waals surface area contributed by atoms with E-state index in [4.69, 9.17) is 27.9 Å². The number of nitrogens with one attached hydrogen (secondary N) is 1. The molecule has 1 aromatic carbocycles. The Labute approximate surface area is 165 Å². The molecule has 1 aromatic rings. The molecule has 2 saturated heterocycles. The molecule has 8 heteroatoms. The maximum absolute atomic E-state index is 14.7. The highest BCUT2D eigenvalue weighted by Gasteiger charge is 2.34. The predicted molar refractivity (Wildman–Crippen MR) is 102 cm³/mol. The highest BCUT2D eigenvalue weighted by Crippen LogP contribution is 2.41. The number of hydrogen-bond acceptors (Lipinski definition) is 3. The first kappa shape index (κ1) is 22.2. The van der Waals surface area contributed by atoms with Crippen molar-refractivity contribution in [2.75, 3.05) is 39.4 Å². The maximum atomic E-state index is 14.7. The number of halogens is 5. The van der Waals surface area contributed by atoms with Crippen LogP contribution in [0.15, 0.2) is 12.1 Å². The summed E-state index contributed by atoms with van der Waals surface area (Å²) in [6.07, 6.45) is 1.85. The van der Waals surface area contributed by atoms with Gasteiger partial charge >= 0.3 is 0 Å². The van der Waals surface area contributed by atoms with Crippen LogP contribution in [0.5, 0.6) is 0 Å². The van der Waals surface area contributed by atoms with E-state index < -0.39 is 0 Å². The highest BCUT2D eigenvalue weighted by molar-refractivity contribution is 6.33. The summed E-state index contributed by atoms with van der Waals surface area (Å²) in [6.45, 7) is 5.08. The van der Waals surface area contributed by atoms with Crippen LogP contribution in [-0.4, -0.2) is 44.3 Å². The predicted octanol–water partition coefficient (Wildman–Crippen LogP) is 4.35. The molecule has 2 aliphatic heterocycles. The second kappa shape index (κ2) is 10.4. The standard InChI is InChI=1S/C16H21Cl2FN2O.2ClH/c17-12-1-2-13(18)15(19)14(12)16(11-3-9-22-10-4-11)21-7-5-20-6-8-21;;/h1-2,11,16,20H,3-10H2;2*1H/t16-;;/m0../s1. The van der Waals surface area contributed by atoms with Crippen molar-refractivity contribution in [3.05, 3.63) is 33.6 Å². The molecule has 1 N–H and O–H groups in total. The first-order chi connectivity index (χ1) is 10.7. The van der Waals surface area contributed by atoms with E-state index in [2.05, 4.69) is 10.2 Å². The summed E-state index contributed by atoms with van der Waals surface area (Å²) in [5.74, 6) is -0.0264. The van der Waals surface area contributed by atoms with Gasteiger partial charge in [-0.2, -0.15) is 0 Å². The van der Waals surface area contributed by atoms with Crippen molar-refractivity contribution in [1.29, 1.82) is 0 Å². The monoisotopic (exact) mass is 418 g/mol. The molecule has 0 aliphatic carbocycles. The fraction of sp³-hybridized carbons (Fsp3) is 0.625. The van der Waals surface area contributed by atoms with Crippen LogP contribution in [0.2, 0.25) is 10.0 Å². The van der Waals surface area contributed by atoms with Gasteiger partial charge in [0.1, 0.15) is 5.82 Å². The summed E-state index contributed by atoms with van der Waals surface area (Å²) in [6, 6.07) is 3.20. The van der Waals surface area contributed by atoms with E-state index in [0.717, 1.165) is 52.2 Å². The summed E-state index contributed by atoms with van der Waals surface area (Å²) in [5, 5.41) is 3.96. The maximum Gasteiger partial charge on any atom is 0.148 e. The fourth-order valence-corrected chi connectivity index (χ4v) is 3.94. The topological polar surface area (TPSA) is 24.5 Å². The lowest BCUT2D eigenvalue weighted by Gasteiger charge is -2.41. The van der Waals surface area contributed by atoms with E-state index in [9.17, 15) is 4.39 Å². The van der Waals surface area contributed by atoms with E-state index >= 15 is 0 Å². The molecule has 1 atom stereocenters. The molecule has 2 heterocycles. The molecule has 0 aromatic heterocycles. The zero-order chi connectivity index (χ0) is 15.5. The SMILES string of the molecule is Cl.Cl.Fc1c(Cl)ccc(Cl)c1[C@H](C1CCOCC1)N1CCNCC1. The number of piperazine rings is 1. The fourth-order valence-electron chi connectivity index (χ4n) is 3.52. The van der Waals surface area contributed by atoms with Crippen LogP contribution >= 0.6 is 48.0 Å². The smallest absolute Gasteiger partial charge is 0.148 e. The minimum atomic E-state index is -0.371. The molecule has 2 aliphatic rings. The largest absolute Gasteiger partial charge is 0.381 e. The summed E-state index contributed by atoms with van der Waals surface area (Å²) in [7, 11) is 0. The van der Waals surface area contributed by atoms with Gasteiger partial charge in [0.2, 0.25) is 0 Å². The van der Waals surface area contributed by atoms with Crippen LogP contribution in [0.4, 0.5) is 4.39 Å². The van der Waals surface area contributed by atoms with Gasteiger partial charge in [-0.3, -0.25) is 4.90 Å². The second-order valence-electron chi connectivity index (χ2n) is 5.94. The summed E-state index contributed by atoms with van der Waals surface area (Å²) in [4.78, 5) is 2.34. The number of benzene rings is 1. The third kappa shape index (κ3) is 4.88. The van der Waals surface area contributed by atoms with E-state index in [-0.39, 0.29) is 41.7 Å². The second-order valence-corrected chi connectivity index (χ2v) is 6.75. The first-order valence-corrected chi connectivity index (χ1v) is 8.60. The van der Waals surface area contributed by atoms with Crippen LogP contribution in [0.1, 0.15) is 24.4 Å². The molecule has 0 radical (unpaired) electrons. The molecular formula is C16H23Cl4FN2O. The van der Waals surface area contributed by atoms with Crippen molar-refractivity contribution in [2.24, 2.45) is 5.92 Å². The van der Waals surface area contributed by atoms with Crippen molar-refractivity contribution < 1.29 is 9.13 Å². The molecule has 3 rings (SSSR count). The van der Waals surface area contributed by atoms with Crippen molar-refractivity contribution in [1.82, 2.24) is 10.2 Å². The zero-order valence-corrected chi connectivity index (χ0v) is 16.4. The molecule has 0 unspecified atom stereocenters. The molecule has 0 spiro atoms. The molecule has 0 amide bonds. The number of ether oxygens (including phenoxy) is 1. The van der Waals surface area contributed by atoms with Crippen LogP contribution in [0.25, 0.3) is 0 Å². The van der Waals surface area contributed by atoms with E-state index in [1.807, 2.05) is 0 Å². The molecule has 0 saturated carbocycles. The Bertz CT molecular complexity index is 505. The number of hydrogen-bond donors (Lipinski definition) is 1. The van der Waals surface area contributed by atoms with Gasteiger partial charge in [-0.15, -0.1) is 24.8 Å². The normalized spacial score (nSPS) is 20.8. The van der Waals surface area contributed by atoms with Crippen molar-refractivity contribution in [3.8, 4) is 0 Å². The first-order valence-electron chi connectivity index (χ1n) is 7.84. The molecule has 24 heavy (non-hydrogen) atoms. The Morgan fingerprint density at radius 2 is 1.67 bits per heavy atom. The average Bonchev–Trinajstić information content (AvgIpc) is 2.57. The third-order valence-corrected chi connectivity index (χ3v) is 5.25. The van der Waals surface area contributed by atoms with Crippen LogP contribution in [0.3, 0.4) is 0 Å². The van der Waals surface area contributed by atoms with Crippen molar-refractivity contribution >= 4 is 48.0 Å². The van der Waals surface area contributed by atoms with Crippen LogP contribution in [-0.2, 0) is 4.74 Å². The average molecular weight is 420 g/mol. The minimum Gasteiger partial charge on any atom is -0.381 e. The van der Waals surface area contributed by atoms with Crippen LogP contribution < -0.4 is 5.32 Å². The number of nitrogens with zero attached hydrogens (tertiary/aromatic N) is 1. The Balaban J connectivity index is 0.00000144. The molecular weight excluding hydrogens is 397 g/mol. The summed E-state index contributed by atoms with van der Waals surface area (Å²) < 4.78 is 20.2.